The van der Waals surface area contributed by atoms with Gasteiger partial charge in [0.25, 0.3) is 0 Å². The van der Waals surface area contributed by atoms with E-state index < -0.39 is 5.97 Å². The third-order valence-corrected chi connectivity index (χ3v) is 8.94. The number of aromatic carboxylic acids is 1. The van der Waals surface area contributed by atoms with Crippen LogP contribution in [0.3, 0.4) is 0 Å². The van der Waals surface area contributed by atoms with Crippen molar-refractivity contribution in [2.75, 3.05) is 21.1 Å². The molecule has 6 rings (SSSR count). The second-order valence-corrected chi connectivity index (χ2v) is 11.2. The molecule has 36 heavy (non-hydrogen) atoms. The average molecular weight is 486 g/mol. The SMILES string of the molecule is CN(C)C(=O)C1CC2Cn3c(c(C4CCCCC4)c4ccc(C(=O)O)cc43)-c3ccccc3C2N1C. The number of hydrogen-bond donors (Lipinski definition) is 1. The molecule has 1 aliphatic carbocycles. The first-order valence-electron chi connectivity index (χ1n) is 13.3. The Morgan fingerprint density at radius 1 is 1.03 bits per heavy atom. The van der Waals surface area contributed by atoms with Crippen LogP contribution in [0.5, 0.6) is 0 Å². The number of likely N-dealkylation sites (N-methyl/N-ethyl adjacent to an activating group) is 2. The maximum atomic E-state index is 13.1. The summed E-state index contributed by atoms with van der Waals surface area (Å²) in [5.41, 5.74) is 6.55. The number of rotatable bonds is 3. The fraction of sp³-hybridized carbons (Fsp3) is 0.467. The van der Waals surface area contributed by atoms with Crippen LogP contribution in [0.15, 0.2) is 42.5 Å². The van der Waals surface area contributed by atoms with Crippen molar-refractivity contribution in [3.05, 3.63) is 59.2 Å². The van der Waals surface area contributed by atoms with Crippen molar-refractivity contribution in [2.24, 2.45) is 5.92 Å². The predicted octanol–water partition coefficient (Wildman–Crippen LogP) is 5.52. The van der Waals surface area contributed by atoms with E-state index in [0.717, 1.165) is 18.5 Å². The first-order chi connectivity index (χ1) is 17.4. The van der Waals surface area contributed by atoms with Crippen molar-refractivity contribution in [3.63, 3.8) is 0 Å². The van der Waals surface area contributed by atoms with Gasteiger partial charge in [-0.1, -0.05) is 49.6 Å². The van der Waals surface area contributed by atoms with Crippen molar-refractivity contribution in [1.82, 2.24) is 14.4 Å². The highest BCUT2D eigenvalue weighted by Gasteiger charge is 2.46. The minimum Gasteiger partial charge on any atom is -0.478 e. The van der Waals surface area contributed by atoms with Crippen molar-refractivity contribution >= 4 is 22.8 Å². The molecule has 6 nitrogen and oxygen atoms in total. The molecule has 0 bridgehead atoms. The number of carbonyl (C=O) groups excluding carboxylic acids is 1. The number of fused-ring (bicyclic) bond motifs is 7. The molecule has 2 aliphatic heterocycles. The van der Waals surface area contributed by atoms with Crippen LogP contribution in [0, 0.1) is 5.92 Å². The van der Waals surface area contributed by atoms with Crippen LogP contribution in [0.4, 0.5) is 0 Å². The summed E-state index contributed by atoms with van der Waals surface area (Å²) in [6.45, 7) is 0.780. The Bertz CT molecular complexity index is 1350. The van der Waals surface area contributed by atoms with Crippen LogP contribution >= 0.6 is 0 Å². The number of nitrogens with zero attached hydrogens (tertiary/aromatic N) is 3. The molecule has 3 aliphatic rings. The largest absolute Gasteiger partial charge is 0.478 e. The summed E-state index contributed by atoms with van der Waals surface area (Å²) in [5, 5.41) is 11.0. The Morgan fingerprint density at radius 3 is 2.50 bits per heavy atom. The first-order valence-corrected chi connectivity index (χ1v) is 13.3. The highest BCUT2D eigenvalue weighted by Crippen LogP contribution is 2.52. The molecule has 3 heterocycles. The summed E-state index contributed by atoms with van der Waals surface area (Å²) >= 11 is 0. The lowest BCUT2D eigenvalue weighted by Gasteiger charge is -2.29. The van der Waals surface area contributed by atoms with Crippen molar-refractivity contribution in [2.45, 2.75) is 63.1 Å². The maximum absolute atomic E-state index is 13.1. The summed E-state index contributed by atoms with van der Waals surface area (Å²) in [6.07, 6.45) is 6.94. The van der Waals surface area contributed by atoms with Crippen molar-refractivity contribution < 1.29 is 14.7 Å². The van der Waals surface area contributed by atoms with Gasteiger partial charge in [0.05, 0.1) is 17.3 Å². The van der Waals surface area contributed by atoms with Crippen LogP contribution in [0.1, 0.15) is 72.0 Å². The highest BCUT2D eigenvalue weighted by atomic mass is 16.4. The Morgan fingerprint density at radius 2 is 1.78 bits per heavy atom. The van der Waals surface area contributed by atoms with Crippen LogP contribution in [-0.2, 0) is 11.3 Å². The topological polar surface area (TPSA) is 65.8 Å². The third kappa shape index (κ3) is 3.49. The molecule has 3 unspecified atom stereocenters. The van der Waals surface area contributed by atoms with E-state index in [1.165, 1.54) is 59.9 Å². The number of carboxylic acid groups (broad SMARTS) is 1. The smallest absolute Gasteiger partial charge is 0.335 e. The molecule has 188 valence electrons. The summed E-state index contributed by atoms with van der Waals surface area (Å²) < 4.78 is 2.41. The molecule has 3 aromatic rings. The van der Waals surface area contributed by atoms with Gasteiger partial charge in [-0.15, -0.1) is 0 Å². The van der Waals surface area contributed by atoms with Gasteiger partial charge in [0.15, 0.2) is 0 Å². The van der Waals surface area contributed by atoms with E-state index in [4.69, 9.17) is 0 Å². The van der Waals surface area contributed by atoms with Gasteiger partial charge in [-0.05, 0) is 61.4 Å². The number of benzene rings is 2. The maximum Gasteiger partial charge on any atom is 0.335 e. The van der Waals surface area contributed by atoms with E-state index in [-0.39, 0.29) is 23.9 Å². The van der Waals surface area contributed by atoms with Crippen molar-refractivity contribution in [1.29, 1.82) is 0 Å². The van der Waals surface area contributed by atoms with Gasteiger partial charge in [-0.2, -0.15) is 0 Å². The minimum absolute atomic E-state index is 0.145. The van der Waals surface area contributed by atoms with E-state index in [9.17, 15) is 14.7 Å². The zero-order valence-electron chi connectivity index (χ0n) is 21.4. The molecule has 3 atom stereocenters. The lowest BCUT2D eigenvalue weighted by Crippen LogP contribution is -2.41. The lowest BCUT2D eigenvalue weighted by molar-refractivity contribution is -0.133. The number of hydrogen-bond acceptors (Lipinski definition) is 3. The molecule has 0 spiro atoms. The summed E-state index contributed by atoms with van der Waals surface area (Å²) in [5.74, 6) is 0.00192. The van der Waals surface area contributed by atoms with Crippen LogP contribution in [0.25, 0.3) is 22.2 Å². The number of likely N-dealkylation sites (tertiary alicyclic amines) is 1. The van der Waals surface area contributed by atoms with Gasteiger partial charge in [0.2, 0.25) is 5.91 Å². The molecule has 1 N–H and O–H groups in total. The fourth-order valence-corrected chi connectivity index (χ4v) is 7.33. The van der Waals surface area contributed by atoms with E-state index in [2.05, 4.69) is 40.8 Å². The van der Waals surface area contributed by atoms with Gasteiger partial charge < -0.3 is 14.6 Å². The molecule has 6 heteroatoms. The monoisotopic (exact) mass is 485 g/mol. The van der Waals surface area contributed by atoms with E-state index >= 15 is 0 Å². The average Bonchev–Trinajstić information content (AvgIpc) is 3.33. The molecule has 1 saturated heterocycles. The second kappa shape index (κ2) is 8.77. The van der Waals surface area contributed by atoms with Gasteiger partial charge >= 0.3 is 5.97 Å². The fourth-order valence-electron chi connectivity index (χ4n) is 7.33. The predicted molar refractivity (Wildman–Crippen MR) is 141 cm³/mol. The van der Waals surface area contributed by atoms with Crippen molar-refractivity contribution in [3.8, 4) is 11.3 Å². The number of amides is 1. The van der Waals surface area contributed by atoms with E-state index in [0.29, 0.717) is 11.5 Å². The molecular weight excluding hydrogens is 450 g/mol. The van der Waals surface area contributed by atoms with Crippen LogP contribution in [-0.4, -0.2) is 58.5 Å². The number of carboxylic acids is 1. The molecule has 2 fully saturated rings. The second-order valence-electron chi connectivity index (χ2n) is 11.2. The van der Waals surface area contributed by atoms with Crippen LogP contribution in [0.2, 0.25) is 0 Å². The molecule has 0 radical (unpaired) electrons. The molecule has 1 amide bonds. The zero-order valence-corrected chi connectivity index (χ0v) is 21.4. The molecule has 1 saturated carbocycles. The third-order valence-electron chi connectivity index (χ3n) is 8.94. The molecule has 2 aromatic carbocycles. The van der Waals surface area contributed by atoms with E-state index in [1.54, 1.807) is 11.0 Å². The summed E-state index contributed by atoms with van der Waals surface area (Å²) in [4.78, 5) is 29.0. The molecule has 1 aromatic heterocycles. The number of carbonyl (C=O) groups is 2. The Kier molecular flexibility index (Phi) is 5.67. The lowest BCUT2D eigenvalue weighted by atomic mass is 9.81. The molecular formula is C30H35N3O3. The summed E-state index contributed by atoms with van der Waals surface area (Å²) in [6, 6.07) is 14.4. The van der Waals surface area contributed by atoms with Crippen LogP contribution < -0.4 is 0 Å². The summed E-state index contributed by atoms with van der Waals surface area (Å²) in [7, 11) is 5.76. The normalized spacial score (nSPS) is 24.1. The van der Waals surface area contributed by atoms with Gasteiger partial charge in [0.1, 0.15) is 0 Å². The highest BCUT2D eigenvalue weighted by molar-refractivity contribution is 5.98. The number of aromatic nitrogens is 1. The van der Waals surface area contributed by atoms with Gasteiger partial charge in [0, 0.05) is 43.1 Å². The van der Waals surface area contributed by atoms with E-state index in [1.807, 2.05) is 26.2 Å². The Hall–Kier alpha value is -3.12. The van der Waals surface area contributed by atoms with Gasteiger partial charge in [-0.25, -0.2) is 4.79 Å². The Labute approximate surface area is 212 Å². The minimum atomic E-state index is -0.893. The van der Waals surface area contributed by atoms with Gasteiger partial charge in [-0.3, -0.25) is 9.69 Å². The first kappa shape index (κ1) is 23.3. The standard InChI is InChI=1S/C30H35N3O3/c1-31(2)29(34)25-16-20-17-33-24-15-19(30(35)36)13-14-23(24)26(18-9-5-4-6-10-18)28(33)22-12-8-7-11-21(22)27(20)32(25)3/h7-8,11-15,18,20,25,27H,4-6,9-10,16-17H2,1-3H3,(H,35,36). The Balaban J connectivity index is 1.60. The quantitative estimate of drug-likeness (QED) is 0.531. The zero-order chi connectivity index (χ0) is 25.1.